The van der Waals surface area contributed by atoms with Crippen LogP contribution in [0.25, 0.3) is 5.69 Å². The van der Waals surface area contributed by atoms with Crippen molar-refractivity contribution in [2.45, 2.75) is 20.0 Å². The number of ether oxygens (including phenoxy) is 1. The first kappa shape index (κ1) is 15.8. The molecule has 0 aliphatic carbocycles. The number of esters is 1. The number of benzene rings is 1. The van der Waals surface area contributed by atoms with Gasteiger partial charge in [-0.3, -0.25) is 4.98 Å². The Morgan fingerprint density at radius 1 is 1.29 bits per heavy atom. The van der Waals surface area contributed by atoms with Crippen LogP contribution in [0.1, 0.15) is 34.5 Å². The molecule has 2 heterocycles. The summed E-state index contributed by atoms with van der Waals surface area (Å²) in [6, 6.07) is 6.23. The Morgan fingerprint density at radius 3 is 2.83 bits per heavy atom. The summed E-state index contributed by atoms with van der Waals surface area (Å²) in [4.78, 5) is 20.1. The zero-order valence-electron chi connectivity index (χ0n) is 13.2. The lowest BCUT2D eigenvalue weighted by Gasteiger charge is -2.18. The molecule has 1 atom stereocenters. The second-order valence-corrected chi connectivity index (χ2v) is 5.31. The van der Waals surface area contributed by atoms with Crippen molar-refractivity contribution in [3.8, 4) is 5.69 Å². The van der Waals surface area contributed by atoms with E-state index in [2.05, 4.69) is 15.1 Å². The minimum atomic E-state index is -0.807. The fourth-order valence-corrected chi connectivity index (χ4v) is 2.41. The van der Waals surface area contributed by atoms with Gasteiger partial charge in [0, 0.05) is 12.4 Å². The second-order valence-electron chi connectivity index (χ2n) is 5.31. The van der Waals surface area contributed by atoms with Crippen molar-refractivity contribution in [1.82, 2.24) is 19.7 Å². The van der Waals surface area contributed by atoms with Gasteiger partial charge >= 0.3 is 5.97 Å². The van der Waals surface area contributed by atoms with Crippen LogP contribution in [-0.2, 0) is 4.74 Å². The van der Waals surface area contributed by atoms with Crippen LogP contribution in [0.4, 0.5) is 4.39 Å². The van der Waals surface area contributed by atoms with E-state index in [1.807, 2.05) is 6.92 Å². The van der Waals surface area contributed by atoms with E-state index >= 15 is 0 Å². The molecule has 0 amide bonds. The standard InChI is InChI=1S/C17H15FN4O2/c1-11-6-13(8-19-7-11)17(23)24-12(2)16-14(18)4-3-5-15(16)22-10-20-9-21-22/h3-10,12H,1-2H3/t12-/m0/s1. The second kappa shape index (κ2) is 6.57. The molecular formula is C17H15FN4O2. The number of hydrogen-bond acceptors (Lipinski definition) is 5. The summed E-state index contributed by atoms with van der Waals surface area (Å²) in [6.45, 7) is 3.44. The normalized spacial score (nSPS) is 12.0. The predicted octanol–water partition coefficient (Wildman–Crippen LogP) is 3.03. The molecule has 122 valence electrons. The Morgan fingerprint density at radius 2 is 2.12 bits per heavy atom. The van der Waals surface area contributed by atoms with Gasteiger partial charge in [-0.15, -0.1) is 0 Å². The molecule has 24 heavy (non-hydrogen) atoms. The number of halogens is 1. The largest absolute Gasteiger partial charge is 0.454 e. The average molecular weight is 326 g/mol. The van der Waals surface area contributed by atoms with Crippen molar-refractivity contribution in [3.05, 3.63) is 71.8 Å². The molecule has 7 heteroatoms. The summed E-state index contributed by atoms with van der Waals surface area (Å²) in [5.41, 5.74) is 1.86. The van der Waals surface area contributed by atoms with Crippen LogP contribution in [0, 0.1) is 12.7 Å². The van der Waals surface area contributed by atoms with Gasteiger partial charge in [0.25, 0.3) is 0 Å². The van der Waals surface area contributed by atoms with Gasteiger partial charge in [-0.05, 0) is 37.6 Å². The minimum Gasteiger partial charge on any atom is -0.454 e. The van der Waals surface area contributed by atoms with Gasteiger partial charge in [0.1, 0.15) is 24.6 Å². The molecule has 0 radical (unpaired) electrons. The van der Waals surface area contributed by atoms with Crippen molar-refractivity contribution in [2.75, 3.05) is 0 Å². The molecule has 0 bridgehead atoms. The SMILES string of the molecule is Cc1cncc(C(=O)O[C@@H](C)c2c(F)cccc2-n2cncn2)c1. The third kappa shape index (κ3) is 3.15. The van der Waals surface area contributed by atoms with Gasteiger partial charge in [-0.2, -0.15) is 5.10 Å². The Hall–Kier alpha value is -3.09. The van der Waals surface area contributed by atoms with E-state index in [0.29, 0.717) is 11.3 Å². The highest BCUT2D eigenvalue weighted by molar-refractivity contribution is 5.89. The number of carbonyl (C=O) groups excluding carboxylic acids is 1. The first-order chi connectivity index (χ1) is 11.6. The third-order valence-corrected chi connectivity index (χ3v) is 3.50. The van der Waals surface area contributed by atoms with Crippen LogP contribution < -0.4 is 0 Å². The number of rotatable bonds is 4. The number of pyridine rings is 1. The number of hydrogen-bond donors (Lipinski definition) is 0. The zero-order chi connectivity index (χ0) is 17.1. The third-order valence-electron chi connectivity index (χ3n) is 3.50. The topological polar surface area (TPSA) is 69.9 Å². The van der Waals surface area contributed by atoms with Crippen molar-refractivity contribution < 1.29 is 13.9 Å². The molecule has 1 aromatic carbocycles. The van der Waals surface area contributed by atoms with Crippen LogP contribution in [0.2, 0.25) is 0 Å². The first-order valence-electron chi connectivity index (χ1n) is 7.32. The quantitative estimate of drug-likeness (QED) is 0.689. The van der Waals surface area contributed by atoms with Crippen LogP contribution in [0.5, 0.6) is 0 Å². The molecular weight excluding hydrogens is 311 g/mol. The monoisotopic (exact) mass is 326 g/mol. The number of aromatic nitrogens is 4. The first-order valence-corrected chi connectivity index (χ1v) is 7.32. The Balaban J connectivity index is 1.90. The van der Waals surface area contributed by atoms with Gasteiger partial charge in [-0.1, -0.05) is 6.07 Å². The summed E-state index contributed by atoms with van der Waals surface area (Å²) >= 11 is 0. The maximum absolute atomic E-state index is 14.3. The van der Waals surface area contributed by atoms with Crippen molar-refractivity contribution in [1.29, 1.82) is 0 Å². The lowest BCUT2D eigenvalue weighted by molar-refractivity contribution is 0.0330. The highest BCUT2D eigenvalue weighted by Crippen LogP contribution is 2.27. The highest BCUT2D eigenvalue weighted by atomic mass is 19.1. The van der Waals surface area contributed by atoms with E-state index in [1.54, 1.807) is 31.3 Å². The minimum absolute atomic E-state index is 0.233. The molecule has 0 spiro atoms. The van der Waals surface area contributed by atoms with Crippen molar-refractivity contribution in [2.24, 2.45) is 0 Å². The van der Waals surface area contributed by atoms with Crippen LogP contribution in [0.3, 0.4) is 0 Å². The van der Waals surface area contributed by atoms with Gasteiger partial charge in [0.05, 0.1) is 16.8 Å². The Labute approximate surface area is 137 Å². The fraction of sp³-hybridized carbons (Fsp3) is 0.176. The Kier molecular flexibility index (Phi) is 4.33. The highest BCUT2D eigenvalue weighted by Gasteiger charge is 2.21. The van der Waals surface area contributed by atoms with E-state index in [-0.39, 0.29) is 5.56 Å². The number of aryl methyl sites for hydroxylation is 1. The van der Waals surface area contributed by atoms with Crippen molar-refractivity contribution in [3.63, 3.8) is 0 Å². The van der Waals surface area contributed by atoms with E-state index in [4.69, 9.17) is 4.74 Å². The molecule has 3 rings (SSSR count). The molecule has 6 nitrogen and oxygen atoms in total. The Bertz CT molecular complexity index is 865. The molecule has 0 aliphatic rings. The van der Waals surface area contributed by atoms with Gasteiger partial charge < -0.3 is 4.74 Å². The van der Waals surface area contributed by atoms with E-state index in [0.717, 1.165) is 5.56 Å². The summed E-state index contributed by atoms with van der Waals surface area (Å²) in [5.74, 6) is -1.04. The zero-order valence-corrected chi connectivity index (χ0v) is 13.2. The summed E-state index contributed by atoms with van der Waals surface area (Å²) in [6.07, 6.45) is 5.06. The molecule has 2 aromatic heterocycles. The molecule has 3 aromatic rings. The molecule has 0 fully saturated rings. The molecule has 0 unspecified atom stereocenters. The smallest absolute Gasteiger partial charge is 0.340 e. The summed E-state index contributed by atoms with van der Waals surface area (Å²) in [7, 11) is 0. The molecule has 0 N–H and O–H groups in total. The van der Waals surface area contributed by atoms with Crippen molar-refractivity contribution >= 4 is 5.97 Å². The van der Waals surface area contributed by atoms with Crippen LogP contribution >= 0.6 is 0 Å². The fourth-order valence-electron chi connectivity index (χ4n) is 2.41. The molecule has 0 saturated carbocycles. The lowest BCUT2D eigenvalue weighted by Crippen LogP contribution is -2.14. The lowest BCUT2D eigenvalue weighted by atomic mass is 10.1. The maximum Gasteiger partial charge on any atom is 0.340 e. The summed E-state index contributed by atoms with van der Waals surface area (Å²) in [5, 5.41) is 4.01. The van der Waals surface area contributed by atoms with Gasteiger partial charge in [0.2, 0.25) is 0 Å². The van der Waals surface area contributed by atoms with Crippen LogP contribution in [-0.4, -0.2) is 25.7 Å². The van der Waals surface area contributed by atoms with Gasteiger partial charge in [-0.25, -0.2) is 18.9 Å². The van der Waals surface area contributed by atoms with E-state index in [1.165, 1.54) is 29.6 Å². The van der Waals surface area contributed by atoms with Crippen LogP contribution in [0.15, 0.2) is 49.3 Å². The van der Waals surface area contributed by atoms with E-state index in [9.17, 15) is 9.18 Å². The number of nitrogens with zero attached hydrogens (tertiary/aromatic N) is 4. The average Bonchev–Trinajstić information content (AvgIpc) is 3.08. The van der Waals surface area contributed by atoms with E-state index < -0.39 is 17.9 Å². The maximum atomic E-state index is 14.3. The summed E-state index contributed by atoms with van der Waals surface area (Å²) < 4.78 is 21.2. The van der Waals surface area contributed by atoms with Gasteiger partial charge in [0.15, 0.2) is 0 Å². The number of carbonyl (C=O) groups is 1. The molecule has 0 aliphatic heterocycles. The predicted molar refractivity (Wildman–Crippen MR) is 84.1 cm³/mol. The molecule has 0 saturated heterocycles.